The normalized spacial score (nSPS) is 9.64. The molecule has 0 bridgehead atoms. The van der Waals surface area contributed by atoms with Crippen LogP contribution in [-0.2, 0) is 0 Å². The van der Waals surface area contributed by atoms with Gasteiger partial charge in [-0.05, 0) is 41.4 Å². The second kappa shape index (κ2) is 4.44. The zero-order chi connectivity index (χ0) is 10.7. The van der Waals surface area contributed by atoms with Crippen molar-refractivity contribution in [3.8, 4) is 5.75 Å². The SMILES string of the molecule is COc1ccc(C(=O)Cl)cc1C(=O)Cl. The van der Waals surface area contributed by atoms with Gasteiger partial charge in [0, 0.05) is 5.56 Å². The van der Waals surface area contributed by atoms with Gasteiger partial charge in [0.05, 0.1) is 12.7 Å². The number of ether oxygens (including phenoxy) is 1. The first-order chi connectivity index (χ1) is 6.56. The number of hydrogen-bond donors (Lipinski definition) is 0. The summed E-state index contributed by atoms with van der Waals surface area (Å²) in [7, 11) is 1.40. The van der Waals surface area contributed by atoms with Crippen LogP contribution < -0.4 is 4.74 Å². The highest BCUT2D eigenvalue weighted by Gasteiger charge is 2.12. The summed E-state index contributed by atoms with van der Waals surface area (Å²) in [6.07, 6.45) is 0. The van der Waals surface area contributed by atoms with Crippen LogP contribution in [0.5, 0.6) is 5.75 Å². The molecule has 0 amide bonds. The van der Waals surface area contributed by atoms with Gasteiger partial charge in [-0.25, -0.2) is 0 Å². The average Bonchev–Trinajstić information content (AvgIpc) is 2.16. The molecule has 0 radical (unpaired) electrons. The summed E-state index contributed by atoms with van der Waals surface area (Å²) < 4.78 is 4.88. The van der Waals surface area contributed by atoms with Gasteiger partial charge in [0.1, 0.15) is 5.75 Å². The van der Waals surface area contributed by atoms with E-state index in [4.69, 9.17) is 27.9 Å². The van der Waals surface area contributed by atoms with E-state index in [1.807, 2.05) is 0 Å². The molecule has 0 N–H and O–H groups in total. The Morgan fingerprint density at radius 2 is 1.86 bits per heavy atom. The predicted molar refractivity (Wildman–Crippen MR) is 53.4 cm³/mol. The van der Waals surface area contributed by atoms with Crippen molar-refractivity contribution in [3.05, 3.63) is 29.3 Å². The molecule has 0 aliphatic rings. The fourth-order valence-electron chi connectivity index (χ4n) is 0.984. The molecule has 1 rings (SSSR count). The van der Waals surface area contributed by atoms with E-state index in [-0.39, 0.29) is 11.1 Å². The van der Waals surface area contributed by atoms with Crippen molar-refractivity contribution in [1.82, 2.24) is 0 Å². The monoisotopic (exact) mass is 232 g/mol. The number of carbonyl (C=O) groups excluding carboxylic acids is 2. The first kappa shape index (κ1) is 11.0. The second-order valence-corrected chi connectivity index (χ2v) is 3.15. The van der Waals surface area contributed by atoms with E-state index in [1.54, 1.807) is 0 Å². The van der Waals surface area contributed by atoms with E-state index in [9.17, 15) is 9.59 Å². The van der Waals surface area contributed by atoms with Crippen LogP contribution in [0.2, 0.25) is 0 Å². The van der Waals surface area contributed by atoms with Crippen molar-refractivity contribution < 1.29 is 14.3 Å². The molecule has 0 aliphatic heterocycles. The second-order valence-electron chi connectivity index (χ2n) is 2.46. The maximum absolute atomic E-state index is 10.9. The Balaban J connectivity index is 3.27. The summed E-state index contributed by atoms with van der Waals surface area (Å²) in [6, 6.07) is 4.21. The molecule has 1 aromatic rings. The van der Waals surface area contributed by atoms with Gasteiger partial charge < -0.3 is 4.74 Å². The lowest BCUT2D eigenvalue weighted by Crippen LogP contribution is -1.98. The molecular weight excluding hydrogens is 227 g/mol. The maximum Gasteiger partial charge on any atom is 0.256 e. The minimum Gasteiger partial charge on any atom is -0.496 e. The Labute approximate surface area is 90.6 Å². The van der Waals surface area contributed by atoms with E-state index in [0.29, 0.717) is 5.75 Å². The summed E-state index contributed by atoms with van der Waals surface area (Å²) in [5, 5.41) is -1.34. The van der Waals surface area contributed by atoms with Gasteiger partial charge in [-0.2, -0.15) is 0 Å². The standard InChI is InChI=1S/C9H6Cl2O3/c1-14-7-3-2-5(8(10)12)4-6(7)9(11)13/h2-4H,1H3. The Morgan fingerprint density at radius 3 is 2.29 bits per heavy atom. The Hall–Kier alpha value is -1.06. The summed E-state index contributed by atoms with van der Waals surface area (Å²) in [5.74, 6) is 0.312. The fourth-order valence-corrected chi connectivity index (χ4v) is 1.25. The molecule has 0 aromatic heterocycles. The molecule has 14 heavy (non-hydrogen) atoms. The van der Waals surface area contributed by atoms with Crippen LogP contribution >= 0.6 is 23.2 Å². The van der Waals surface area contributed by atoms with Gasteiger partial charge in [-0.15, -0.1) is 0 Å². The average molecular weight is 233 g/mol. The first-order valence-electron chi connectivity index (χ1n) is 3.64. The molecule has 0 heterocycles. The molecule has 0 saturated carbocycles. The molecule has 0 unspecified atom stereocenters. The predicted octanol–water partition coefficient (Wildman–Crippen LogP) is 2.45. The van der Waals surface area contributed by atoms with E-state index in [2.05, 4.69) is 0 Å². The zero-order valence-electron chi connectivity index (χ0n) is 7.21. The quantitative estimate of drug-likeness (QED) is 0.753. The summed E-state index contributed by atoms with van der Waals surface area (Å²) >= 11 is 10.5. The van der Waals surface area contributed by atoms with Gasteiger partial charge in [-0.3, -0.25) is 9.59 Å². The molecule has 0 fully saturated rings. The van der Waals surface area contributed by atoms with Crippen molar-refractivity contribution in [3.63, 3.8) is 0 Å². The summed E-state index contributed by atoms with van der Waals surface area (Å²) in [6.45, 7) is 0. The molecule has 0 atom stereocenters. The minimum absolute atomic E-state index is 0.126. The van der Waals surface area contributed by atoms with Gasteiger partial charge >= 0.3 is 0 Å². The molecule has 74 valence electrons. The third kappa shape index (κ3) is 2.25. The number of methoxy groups -OCH3 is 1. The number of benzene rings is 1. The lowest BCUT2D eigenvalue weighted by atomic mass is 10.1. The molecular formula is C9H6Cl2O3. The van der Waals surface area contributed by atoms with Crippen LogP contribution in [0.3, 0.4) is 0 Å². The molecule has 0 aliphatic carbocycles. The molecule has 0 spiro atoms. The van der Waals surface area contributed by atoms with E-state index in [0.717, 1.165) is 0 Å². The number of carbonyl (C=O) groups is 2. The van der Waals surface area contributed by atoms with E-state index >= 15 is 0 Å². The van der Waals surface area contributed by atoms with Gasteiger partial charge in [0.25, 0.3) is 10.5 Å². The van der Waals surface area contributed by atoms with Crippen LogP contribution in [-0.4, -0.2) is 17.6 Å². The highest BCUT2D eigenvalue weighted by atomic mass is 35.5. The van der Waals surface area contributed by atoms with Crippen LogP contribution in [0.15, 0.2) is 18.2 Å². The number of rotatable bonds is 3. The third-order valence-electron chi connectivity index (χ3n) is 1.64. The minimum atomic E-state index is -0.693. The van der Waals surface area contributed by atoms with Crippen LogP contribution in [0.1, 0.15) is 20.7 Å². The first-order valence-corrected chi connectivity index (χ1v) is 4.39. The summed E-state index contributed by atoms with van der Waals surface area (Å²) in [5.41, 5.74) is 0.331. The largest absolute Gasteiger partial charge is 0.496 e. The number of halogens is 2. The maximum atomic E-state index is 10.9. The summed E-state index contributed by atoms with van der Waals surface area (Å²) in [4.78, 5) is 21.7. The topological polar surface area (TPSA) is 43.4 Å². The highest BCUT2D eigenvalue weighted by Crippen LogP contribution is 2.22. The lowest BCUT2D eigenvalue weighted by molar-refractivity contribution is 0.107. The van der Waals surface area contributed by atoms with E-state index in [1.165, 1.54) is 25.3 Å². The van der Waals surface area contributed by atoms with Crippen molar-refractivity contribution in [2.75, 3.05) is 7.11 Å². The van der Waals surface area contributed by atoms with E-state index < -0.39 is 10.5 Å². The van der Waals surface area contributed by atoms with Crippen LogP contribution in [0.4, 0.5) is 0 Å². The Bertz CT molecular complexity index is 388. The van der Waals surface area contributed by atoms with Crippen molar-refractivity contribution >= 4 is 33.7 Å². The number of hydrogen-bond acceptors (Lipinski definition) is 3. The fraction of sp³-hybridized carbons (Fsp3) is 0.111. The Morgan fingerprint density at radius 1 is 1.21 bits per heavy atom. The molecule has 1 aromatic carbocycles. The molecule has 0 saturated heterocycles. The van der Waals surface area contributed by atoms with Crippen molar-refractivity contribution in [1.29, 1.82) is 0 Å². The third-order valence-corrected chi connectivity index (χ3v) is 2.06. The molecule has 3 nitrogen and oxygen atoms in total. The van der Waals surface area contributed by atoms with Gasteiger partial charge in [0.2, 0.25) is 0 Å². The van der Waals surface area contributed by atoms with Crippen molar-refractivity contribution in [2.24, 2.45) is 0 Å². The van der Waals surface area contributed by atoms with Crippen molar-refractivity contribution in [2.45, 2.75) is 0 Å². The lowest BCUT2D eigenvalue weighted by Gasteiger charge is -2.04. The van der Waals surface area contributed by atoms with Gasteiger partial charge in [0.15, 0.2) is 0 Å². The van der Waals surface area contributed by atoms with Gasteiger partial charge in [-0.1, -0.05) is 0 Å². The van der Waals surface area contributed by atoms with Crippen LogP contribution in [0, 0.1) is 0 Å². The smallest absolute Gasteiger partial charge is 0.256 e. The Kier molecular flexibility index (Phi) is 3.49. The zero-order valence-corrected chi connectivity index (χ0v) is 8.72. The van der Waals surface area contributed by atoms with Crippen LogP contribution in [0.25, 0.3) is 0 Å². The highest BCUT2D eigenvalue weighted by molar-refractivity contribution is 6.69. The molecule has 5 heteroatoms.